The fourth-order valence-corrected chi connectivity index (χ4v) is 2.60. The highest BCUT2D eigenvalue weighted by Crippen LogP contribution is 2.22. The number of thioether (sulfide) groups is 1. The lowest BCUT2D eigenvalue weighted by Crippen LogP contribution is -2.00. The molecule has 23 heavy (non-hydrogen) atoms. The highest BCUT2D eigenvalue weighted by molar-refractivity contribution is 7.99. The van der Waals surface area contributed by atoms with E-state index in [1.807, 2.05) is 24.3 Å². The van der Waals surface area contributed by atoms with Gasteiger partial charge >= 0.3 is 0 Å². The molecule has 2 heterocycles. The molecule has 0 aliphatic heterocycles. The zero-order valence-corrected chi connectivity index (χ0v) is 13.6. The Labute approximate surface area is 139 Å². The molecule has 0 atom stereocenters. The van der Waals surface area contributed by atoms with Crippen LogP contribution in [0.4, 0.5) is 0 Å². The molecule has 0 N–H and O–H groups in total. The summed E-state index contributed by atoms with van der Waals surface area (Å²) in [5, 5.41) is 8.62. The number of benzene rings is 1. The van der Waals surface area contributed by atoms with Gasteiger partial charge in [0.05, 0.1) is 6.61 Å². The van der Waals surface area contributed by atoms with Gasteiger partial charge in [-0.25, -0.2) is 0 Å². The minimum absolute atomic E-state index is 0.506. The predicted molar refractivity (Wildman–Crippen MR) is 89.6 cm³/mol. The van der Waals surface area contributed by atoms with E-state index in [0.29, 0.717) is 17.7 Å². The predicted octanol–water partition coefficient (Wildman–Crippen LogP) is 3.87. The molecular weight excluding hydrogens is 310 g/mol. The van der Waals surface area contributed by atoms with Gasteiger partial charge in [0.25, 0.3) is 5.22 Å². The summed E-state index contributed by atoms with van der Waals surface area (Å²) in [6.07, 6.45) is 4.40. The molecule has 0 amide bonds. The van der Waals surface area contributed by atoms with Crippen molar-refractivity contribution in [2.75, 3.05) is 12.4 Å². The van der Waals surface area contributed by atoms with Crippen molar-refractivity contribution in [3.63, 3.8) is 0 Å². The third kappa shape index (κ3) is 4.32. The number of ether oxygens (including phenoxy) is 1. The molecule has 0 aliphatic carbocycles. The van der Waals surface area contributed by atoms with Crippen molar-refractivity contribution in [2.45, 2.75) is 18.6 Å². The molecule has 6 heteroatoms. The van der Waals surface area contributed by atoms with E-state index in [0.717, 1.165) is 23.5 Å². The first kappa shape index (κ1) is 15.6. The summed E-state index contributed by atoms with van der Waals surface area (Å²) in [7, 11) is 0. The van der Waals surface area contributed by atoms with Crippen molar-refractivity contribution in [3.05, 3.63) is 54.4 Å². The van der Waals surface area contributed by atoms with Crippen molar-refractivity contribution in [3.8, 4) is 17.2 Å². The van der Waals surface area contributed by atoms with E-state index in [9.17, 15) is 0 Å². The largest absolute Gasteiger partial charge is 0.493 e. The zero-order chi connectivity index (χ0) is 15.9. The number of hydrogen-bond donors (Lipinski definition) is 0. The smallest absolute Gasteiger partial charge is 0.276 e. The maximum Gasteiger partial charge on any atom is 0.276 e. The first-order valence-corrected chi connectivity index (χ1v) is 8.42. The Hall–Kier alpha value is -2.34. The summed E-state index contributed by atoms with van der Waals surface area (Å²) < 4.78 is 11.4. The van der Waals surface area contributed by atoms with Gasteiger partial charge in [0.15, 0.2) is 0 Å². The molecule has 0 bridgehead atoms. The Morgan fingerprint density at radius 3 is 2.83 bits per heavy atom. The summed E-state index contributed by atoms with van der Waals surface area (Å²) in [6.45, 7) is 2.72. The Bertz CT molecular complexity index is 746. The van der Waals surface area contributed by atoms with E-state index >= 15 is 0 Å². The van der Waals surface area contributed by atoms with Crippen LogP contribution < -0.4 is 4.74 Å². The summed E-state index contributed by atoms with van der Waals surface area (Å²) in [5.74, 6) is 2.15. The lowest BCUT2D eigenvalue weighted by molar-refractivity contribution is 0.343. The lowest BCUT2D eigenvalue weighted by Gasteiger charge is -2.06. The van der Waals surface area contributed by atoms with Crippen LogP contribution in [0, 0.1) is 0 Å². The van der Waals surface area contributed by atoms with Crippen molar-refractivity contribution >= 4 is 11.8 Å². The number of nitrogens with zero attached hydrogens (tertiary/aromatic N) is 3. The molecule has 0 saturated heterocycles. The SMILES string of the molecule is CCc1cccc(OCCSc2nnc(-c3ccncc3)o2)c1. The van der Waals surface area contributed by atoms with Crippen LogP contribution in [-0.4, -0.2) is 27.5 Å². The van der Waals surface area contributed by atoms with Gasteiger partial charge in [0, 0.05) is 23.7 Å². The standard InChI is InChI=1S/C17H17N3O2S/c1-2-13-4-3-5-15(12-13)21-10-11-23-17-20-19-16(22-17)14-6-8-18-9-7-14/h3-9,12H,2,10-11H2,1H3. The number of rotatable bonds is 7. The zero-order valence-electron chi connectivity index (χ0n) is 12.8. The monoisotopic (exact) mass is 327 g/mol. The topological polar surface area (TPSA) is 61.0 Å². The molecule has 0 saturated carbocycles. The first-order valence-electron chi connectivity index (χ1n) is 7.43. The van der Waals surface area contributed by atoms with Crippen molar-refractivity contribution in [1.82, 2.24) is 15.2 Å². The van der Waals surface area contributed by atoms with E-state index in [1.165, 1.54) is 17.3 Å². The van der Waals surface area contributed by atoms with Crippen LogP contribution >= 0.6 is 11.8 Å². The van der Waals surface area contributed by atoms with Crippen LogP contribution in [0.2, 0.25) is 0 Å². The molecule has 0 radical (unpaired) electrons. The molecule has 3 aromatic rings. The Balaban J connectivity index is 1.48. The molecule has 118 valence electrons. The van der Waals surface area contributed by atoms with Gasteiger partial charge in [-0.15, -0.1) is 10.2 Å². The van der Waals surface area contributed by atoms with E-state index < -0.39 is 0 Å². The van der Waals surface area contributed by atoms with Gasteiger partial charge < -0.3 is 9.15 Å². The first-order chi connectivity index (χ1) is 11.3. The minimum Gasteiger partial charge on any atom is -0.493 e. The summed E-state index contributed by atoms with van der Waals surface area (Å²) in [5.41, 5.74) is 2.14. The van der Waals surface area contributed by atoms with E-state index in [-0.39, 0.29) is 0 Å². The molecule has 0 fully saturated rings. The second-order valence-electron chi connectivity index (χ2n) is 4.81. The molecule has 5 nitrogen and oxygen atoms in total. The Morgan fingerprint density at radius 1 is 1.13 bits per heavy atom. The normalized spacial score (nSPS) is 10.7. The van der Waals surface area contributed by atoms with E-state index in [1.54, 1.807) is 12.4 Å². The Kier molecular flexibility index (Phi) is 5.26. The van der Waals surface area contributed by atoms with Crippen LogP contribution in [-0.2, 0) is 6.42 Å². The molecule has 0 aliphatic rings. The van der Waals surface area contributed by atoms with Crippen LogP contribution in [0.5, 0.6) is 5.75 Å². The van der Waals surface area contributed by atoms with Gasteiger partial charge in [-0.3, -0.25) is 4.98 Å². The molecule has 0 spiro atoms. The number of hydrogen-bond acceptors (Lipinski definition) is 6. The molecule has 3 rings (SSSR count). The summed E-state index contributed by atoms with van der Waals surface area (Å²) in [4.78, 5) is 3.97. The number of aromatic nitrogens is 3. The van der Waals surface area contributed by atoms with Gasteiger partial charge in [0.1, 0.15) is 5.75 Å². The van der Waals surface area contributed by atoms with Crippen LogP contribution in [0.3, 0.4) is 0 Å². The van der Waals surface area contributed by atoms with Crippen LogP contribution in [0.1, 0.15) is 12.5 Å². The third-order valence-electron chi connectivity index (χ3n) is 3.22. The minimum atomic E-state index is 0.506. The third-order valence-corrected chi connectivity index (χ3v) is 4.00. The number of pyridine rings is 1. The molecule has 1 aromatic carbocycles. The highest BCUT2D eigenvalue weighted by Gasteiger charge is 2.08. The Morgan fingerprint density at radius 2 is 2.00 bits per heavy atom. The summed E-state index contributed by atoms with van der Waals surface area (Å²) in [6, 6.07) is 11.8. The number of aryl methyl sites for hydroxylation is 1. The maximum atomic E-state index is 5.74. The second-order valence-corrected chi connectivity index (χ2v) is 5.85. The lowest BCUT2D eigenvalue weighted by atomic mass is 10.2. The van der Waals surface area contributed by atoms with E-state index in [2.05, 4.69) is 34.2 Å². The molecule has 0 unspecified atom stereocenters. The van der Waals surface area contributed by atoms with Crippen molar-refractivity contribution < 1.29 is 9.15 Å². The summed E-state index contributed by atoms with van der Waals surface area (Å²) >= 11 is 1.48. The highest BCUT2D eigenvalue weighted by atomic mass is 32.2. The van der Waals surface area contributed by atoms with Gasteiger partial charge in [-0.05, 0) is 36.2 Å². The van der Waals surface area contributed by atoms with Crippen molar-refractivity contribution in [2.24, 2.45) is 0 Å². The van der Waals surface area contributed by atoms with Gasteiger partial charge in [0.2, 0.25) is 5.89 Å². The fraction of sp³-hybridized carbons (Fsp3) is 0.235. The molecular formula is C17H17N3O2S. The van der Waals surface area contributed by atoms with E-state index in [4.69, 9.17) is 9.15 Å². The average Bonchev–Trinajstić information content (AvgIpc) is 3.09. The van der Waals surface area contributed by atoms with Crippen molar-refractivity contribution in [1.29, 1.82) is 0 Å². The van der Waals surface area contributed by atoms with Gasteiger partial charge in [-0.1, -0.05) is 30.8 Å². The van der Waals surface area contributed by atoms with Gasteiger partial charge in [-0.2, -0.15) is 0 Å². The van der Waals surface area contributed by atoms with Crippen LogP contribution in [0.25, 0.3) is 11.5 Å². The molecule has 2 aromatic heterocycles. The van der Waals surface area contributed by atoms with Crippen LogP contribution in [0.15, 0.2) is 58.4 Å². The quantitative estimate of drug-likeness (QED) is 0.485. The average molecular weight is 327 g/mol. The fourth-order valence-electron chi connectivity index (χ4n) is 2.02. The maximum absolute atomic E-state index is 5.74. The second kappa shape index (κ2) is 7.78.